The number of rotatable bonds is 6. The molecule has 4 rings (SSSR count). The number of likely N-dealkylation sites (N-methyl/N-ethyl adjacent to an activating group) is 1. The molecule has 1 saturated heterocycles. The Morgan fingerprint density at radius 2 is 1.90 bits per heavy atom. The Labute approximate surface area is 182 Å². The van der Waals surface area contributed by atoms with Gasteiger partial charge in [0.1, 0.15) is 5.01 Å². The number of thiazole rings is 1. The summed E-state index contributed by atoms with van der Waals surface area (Å²) in [6, 6.07) is 18.9. The number of nitrogens with zero attached hydrogens (tertiary/aromatic N) is 3. The standard InChI is InChI=1S/C24H28N4OS/c1-18-8-10-20(11-9-18)25-23(29)14-24-26-21(17-30-24)15-28-13-12-27(2)16-22(28)19-6-4-3-5-7-19/h3-11,17,22H,12-16H2,1-2H3,(H,25,29). The molecule has 5 nitrogen and oxygen atoms in total. The maximum absolute atomic E-state index is 12.4. The first-order valence-electron chi connectivity index (χ1n) is 10.3. The zero-order chi connectivity index (χ0) is 20.9. The van der Waals surface area contributed by atoms with Crippen molar-refractivity contribution >= 4 is 22.9 Å². The average Bonchev–Trinajstić information content (AvgIpc) is 3.18. The van der Waals surface area contributed by atoms with Crippen molar-refractivity contribution in [3.8, 4) is 0 Å². The number of carbonyl (C=O) groups excluding carboxylic acids is 1. The minimum absolute atomic E-state index is 0.0264. The number of amides is 1. The molecule has 1 fully saturated rings. The molecule has 1 aromatic heterocycles. The summed E-state index contributed by atoms with van der Waals surface area (Å²) in [4.78, 5) is 22.0. The fourth-order valence-electron chi connectivity index (χ4n) is 3.83. The van der Waals surface area contributed by atoms with Crippen LogP contribution in [-0.4, -0.2) is 47.4 Å². The van der Waals surface area contributed by atoms with Crippen LogP contribution in [0.4, 0.5) is 5.69 Å². The number of aromatic nitrogens is 1. The lowest BCUT2D eigenvalue weighted by Crippen LogP contribution is -2.46. The Balaban J connectivity index is 1.38. The van der Waals surface area contributed by atoms with E-state index in [0.717, 1.165) is 42.6 Å². The van der Waals surface area contributed by atoms with Crippen molar-refractivity contribution in [3.05, 3.63) is 81.8 Å². The Bertz CT molecular complexity index is 970. The Morgan fingerprint density at radius 1 is 1.13 bits per heavy atom. The van der Waals surface area contributed by atoms with Gasteiger partial charge in [0, 0.05) is 43.3 Å². The van der Waals surface area contributed by atoms with E-state index in [1.807, 2.05) is 31.2 Å². The first kappa shape index (κ1) is 20.7. The molecule has 3 aromatic rings. The molecule has 2 aromatic carbocycles. The number of aryl methyl sites for hydroxylation is 1. The van der Waals surface area contributed by atoms with E-state index in [1.54, 1.807) is 11.3 Å². The van der Waals surface area contributed by atoms with Crippen LogP contribution in [0.3, 0.4) is 0 Å². The maximum atomic E-state index is 12.4. The third-order valence-electron chi connectivity index (χ3n) is 5.49. The molecule has 1 aliphatic rings. The largest absolute Gasteiger partial charge is 0.326 e. The topological polar surface area (TPSA) is 48.5 Å². The number of nitrogens with one attached hydrogen (secondary N) is 1. The minimum Gasteiger partial charge on any atom is -0.326 e. The van der Waals surface area contributed by atoms with E-state index in [2.05, 4.69) is 57.9 Å². The van der Waals surface area contributed by atoms with Crippen molar-refractivity contribution in [2.24, 2.45) is 0 Å². The highest BCUT2D eigenvalue weighted by molar-refractivity contribution is 7.09. The number of benzene rings is 2. The van der Waals surface area contributed by atoms with Gasteiger partial charge in [-0.3, -0.25) is 9.69 Å². The molecule has 30 heavy (non-hydrogen) atoms. The molecule has 1 amide bonds. The first-order valence-corrected chi connectivity index (χ1v) is 11.2. The molecule has 0 aliphatic carbocycles. The summed E-state index contributed by atoms with van der Waals surface area (Å²) >= 11 is 1.57. The lowest BCUT2D eigenvalue weighted by Gasteiger charge is -2.40. The number of piperazine rings is 1. The first-order chi connectivity index (χ1) is 14.6. The van der Waals surface area contributed by atoms with Gasteiger partial charge >= 0.3 is 0 Å². The van der Waals surface area contributed by atoms with E-state index in [4.69, 9.17) is 4.98 Å². The van der Waals surface area contributed by atoms with Crippen LogP contribution in [0.5, 0.6) is 0 Å². The van der Waals surface area contributed by atoms with E-state index in [0.29, 0.717) is 12.5 Å². The lowest BCUT2D eigenvalue weighted by molar-refractivity contribution is -0.115. The predicted molar refractivity (Wildman–Crippen MR) is 123 cm³/mol. The average molecular weight is 421 g/mol. The van der Waals surface area contributed by atoms with Gasteiger partial charge < -0.3 is 10.2 Å². The van der Waals surface area contributed by atoms with Gasteiger partial charge in [-0.25, -0.2) is 4.98 Å². The fourth-order valence-corrected chi connectivity index (χ4v) is 4.61. The molecule has 1 unspecified atom stereocenters. The van der Waals surface area contributed by atoms with Crippen molar-refractivity contribution in [3.63, 3.8) is 0 Å². The zero-order valence-electron chi connectivity index (χ0n) is 17.5. The minimum atomic E-state index is -0.0264. The normalized spacial score (nSPS) is 17.7. The smallest absolute Gasteiger partial charge is 0.231 e. The highest BCUT2D eigenvalue weighted by atomic mass is 32.1. The van der Waals surface area contributed by atoms with E-state index < -0.39 is 0 Å². The molecule has 156 valence electrons. The fraction of sp³-hybridized carbons (Fsp3) is 0.333. The zero-order valence-corrected chi connectivity index (χ0v) is 18.4. The molecule has 0 radical (unpaired) electrons. The van der Waals surface area contributed by atoms with Gasteiger partial charge in [-0.15, -0.1) is 11.3 Å². The highest BCUT2D eigenvalue weighted by Crippen LogP contribution is 2.27. The summed E-state index contributed by atoms with van der Waals surface area (Å²) in [5.41, 5.74) is 4.39. The molecule has 1 aliphatic heterocycles. The predicted octanol–water partition coefficient (Wildman–Crippen LogP) is 4.12. The monoisotopic (exact) mass is 420 g/mol. The summed E-state index contributed by atoms with van der Waals surface area (Å²) in [6.45, 7) is 5.92. The van der Waals surface area contributed by atoms with Crippen LogP contribution in [0, 0.1) is 6.92 Å². The summed E-state index contributed by atoms with van der Waals surface area (Å²) in [5.74, 6) is -0.0264. The molecule has 0 spiro atoms. The highest BCUT2D eigenvalue weighted by Gasteiger charge is 2.27. The number of hydrogen-bond donors (Lipinski definition) is 1. The van der Waals surface area contributed by atoms with Crippen LogP contribution >= 0.6 is 11.3 Å². The van der Waals surface area contributed by atoms with Gasteiger partial charge in [-0.1, -0.05) is 48.0 Å². The van der Waals surface area contributed by atoms with Crippen molar-refractivity contribution < 1.29 is 4.79 Å². The van der Waals surface area contributed by atoms with Crippen molar-refractivity contribution in [1.82, 2.24) is 14.8 Å². The number of hydrogen-bond acceptors (Lipinski definition) is 5. The number of carbonyl (C=O) groups is 1. The van der Waals surface area contributed by atoms with Crippen LogP contribution in [0.1, 0.15) is 27.9 Å². The second kappa shape index (κ2) is 9.51. The second-order valence-corrected chi connectivity index (χ2v) is 8.93. The van der Waals surface area contributed by atoms with Gasteiger partial charge in [-0.2, -0.15) is 0 Å². The van der Waals surface area contributed by atoms with Crippen molar-refractivity contribution in [2.45, 2.75) is 25.9 Å². The quantitative estimate of drug-likeness (QED) is 0.652. The van der Waals surface area contributed by atoms with Gasteiger partial charge in [0.2, 0.25) is 5.91 Å². The van der Waals surface area contributed by atoms with Crippen molar-refractivity contribution in [1.29, 1.82) is 0 Å². The van der Waals surface area contributed by atoms with Gasteiger partial charge in [0.15, 0.2) is 0 Å². The van der Waals surface area contributed by atoms with E-state index in [1.165, 1.54) is 11.1 Å². The molecule has 6 heteroatoms. The number of anilines is 1. The maximum Gasteiger partial charge on any atom is 0.231 e. The Hall–Kier alpha value is -2.54. The van der Waals surface area contributed by atoms with E-state index in [9.17, 15) is 4.79 Å². The summed E-state index contributed by atoms with van der Waals surface area (Å²) < 4.78 is 0. The van der Waals surface area contributed by atoms with Gasteiger partial charge in [0.05, 0.1) is 12.1 Å². The van der Waals surface area contributed by atoms with Crippen LogP contribution in [0.15, 0.2) is 60.0 Å². The lowest BCUT2D eigenvalue weighted by atomic mass is 10.0. The van der Waals surface area contributed by atoms with Crippen LogP contribution in [0.2, 0.25) is 0 Å². The van der Waals surface area contributed by atoms with Gasteiger partial charge in [0.25, 0.3) is 0 Å². The SMILES string of the molecule is Cc1ccc(NC(=O)Cc2nc(CN3CCN(C)CC3c3ccccc3)cs2)cc1. The molecule has 0 bridgehead atoms. The molecule has 2 heterocycles. The molecule has 1 atom stereocenters. The molecule has 0 saturated carbocycles. The van der Waals surface area contributed by atoms with Crippen molar-refractivity contribution in [2.75, 3.05) is 32.0 Å². The third-order valence-corrected chi connectivity index (χ3v) is 6.39. The third kappa shape index (κ3) is 5.33. The van der Waals surface area contributed by atoms with Crippen LogP contribution < -0.4 is 5.32 Å². The molecule has 1 N–H and O–H groups in total. The molecular formula is C24H28N4OS. The summed E-state index contributed by atoms with van der Waals surface area (Å²) in [7, 11) is 2.18. The van der Waals surface area contributed by atoms with Gasteiger partial charge in [-0.05, 0) is 31.7 Å². The summed E-state index contributed by atoms with van der Waals surface area (Å²) in [6.07, 6.45) is 0.309. The summed E-state index contributed by atoms with van der Waals surface area (Å²) in [5, 5.41) is 5.91. The second-order valence-electron chi connectivity index (χ2n) is 7.98. The van der Waals surface area contributed by atoms with Crippen LogP contribution in [0.25, 0.3) is 0 Å². The van der Waals surface area contributed by atoms with E-state index >= 15 is 0 Å². The van der Waals surface area contributed by atoms with Crippen LogP contribution in [-0.2, 0) is 17.8 Å². The molecular weight excluding hydrogens is 392 g/mol. The Morgan fingerprint density at radius 3 is 2.67 bits per heavy atom. The Kier molecular flexibility index (Phi) is 6.57. The van der Waals surface area contributed by atoms with E-state index in [-0.39, 0.29) is 5.91 Å².